The van der Waals surface area contributed by atoms with Gasteiger partial charge in [-0.1, -0.05) is 161 Å². The van der Waals surface area contributed by atoms with E-state index in [1.54, 1.807) is 0 Å². The normalized spacial score (nSPS) is 12.7. The predicted octanol–water partition coefficient (Wildman–Crippen LogP) is 11.5. The predicted molar refractivity (Wildman–Crippen MR) is 207 cm³/mol. The van der Waals surface area contributed by atoms with Crippen LogP contribution < -0.4 is 11.1 Å². The first kappa shape index (κ1) is 47.1. The molecule has 49 heavy (non-hydrogen) atoms. The first-order valence-corrected chi connectivity index (χ1v) is 21.0. The van der Waals surface area contributed by atoms with Gasteiger partial charge in [0.15, 0.2) is 0 Å². The van der Waals surface area contributed by atoms with Crippen LogP contribution in [-0.4, -0.2) is 41.6 Å². The van der Waals surface area contributed by atoms with Crippen LogP contribution in [0.5, 0.6) is 0 Å². The van der Waals surface area contributed by atoms with E-state index in [0.29, 0.717) is 38.6 Å². The van der Waals surface area contributed by atoms with Gasteiger partial charge in [-0.05, 0) is 64.0 Å². The highest BCUT2D eigenvalue weighted by atomic mass is 16.5. The van der Waals surface area contributed by atoms with Crippen LogP contribution in [0.15, 0.2) is 12.2 Å². The molecular formula is C42H80N2O5. The third-order valence-corrected chi connectivity index (χ3v) is 9.57. The third-order valence-electron chi connectivity index (χ3n) is 9.57. The van der Waals surface area contributed by atoms with Crippen molar-refractivity contribution in [3.63, 3.8) is 0 Å². The fourth-order valence-electron chi connectivity index (χ4n) is 6.36. The number of carbonyl (C=O) groups excluding carboxylic acids is 2. The Kier molecular flexibility index (Phi) is 35.9. The number of carboxylic acid groups (broad SMARTS) is 1. The molecule has 0 bridgehead atoms. The number of hydrogen-bond donors (Lipinski definition) is 3. The van der Waals surface area contributed by atoms with Crippen LogP contribution in [0.4, 0.5) is 0 Å². The van der Waals surface area contributed by atoms with Crippen molar-refractivity contribution in [2.75, 3.05) is 6.54 Å². The van der Waals surface area contributed by atoms with Crippen LogP contribution >= 0.6 is 0 Å². The van der Waals surface area contributed by atoms with Crippen molar-refractivity contribution in [3.05, 3.63) is 12.2 Å². The van der Waals surface area contributed by atoms with Crippen molar-refractivity contribution >= 4 is 17.8 Å². The minimum absolute atomic E-state index is 0.0837. The number of nitrogens with one attached hydrogen (secondary N) is 1. The summed E-state index contributed by atoms with van der Waals surface area (Å²) < 4.78 is 5.93. The van der Waals surface area contributed by atoms with E-state index in [1.807, 2.05) is 0 Å². The molecule has 0 aromatic heterocycles. The topological polar surface area (TPSA) is 119 Å². The molecule has 7 nitrogen and oxygen atoms in total. The van der Waals surface area contributed by atoms with Gasteiger partial charge in [-0.3, -0.25) is 9.59 Å². The summed E-state index contributed by atoms with van der Waals surface area (Å²) in [5, 5.41) is 11.9. The fourth-order valence-corrected chi connectivity index (χ4v) is 6.36. The van der Waals surface area contributed by atoms with Gasteiger partial charge < -0.3 is 20.9 Å². The van der Waals surface area contributed by atoms with Gasteiger partial charge in [-0.2, -0.15) is 0 Å². The molecule has 4 N–H and O–H groups in total. The van der Waals surface area contributed by atoms with Crippen LogP contribution in [0, 0.1) is 0 Å². The summed E-state index contributed by atoms with van der Waals surface area (Å²) in [6.45, 7) is 4.93. The van der Waals surface area contributed by atoms with Gasteiger partial charge >= 0.3 is 11.9 Å². The second-order valence-electron chi connectivity index (χ2n) is 14.4. The van der Waals surface area contributed by atoms with Crippen LogP contribution in [0.2, 0.25) is 0 Å². The zero-order valence-corrected chi connectivity index (χ0v) is 32.3. The highest BCUT2D eigenvalue weighted by Crippen LogP contribution is 2.16. The number of ether oxygens (including phenoxy) is 1. The van der Waals surface area contributed by atoms with Gasteiger partial charge in [-0.15, -0.1) is 0 Å². The molecule has 1 amide bonds. The molecule has 2 atom stereocenters. The Morgan fingerprint density at radius 1 is 0.592 bits per heavy atom. The molecular weight excluding hydrogens is 612 g/mol. The van der Waals surface area contributed by atoms with Crippen LogP contribution in [0.3, 0.4) is 0 Å². The van der Waals surface area contributed by atoms with Crippen molar-refractivity contribution in [2.24, 2.45) is 5.73 Å². The Labute approximate surface area is 302 Å². The lowest BCUT2D eigenvalue weighted by Gasteiger charge is -2.15. The van der Waals surface area contributed by atoms with Gasteiger partial charge in [0.1, 0.15) is 12.1 Å². The largest absolute Gasteiger partial charge is 0.480 e. The smallest absolute Gasteiger partial charge is 0.326 e. The molecule has 0 aliphatic heterocycles. The Bertz CT molecular complexity index is 787. The van der Waals surface area contributed by atoms with Crippen molar-refractivity contribution < 1.29 is 24.2 Å². The summed E-state index contributed by atoms with van der Waals surface area (Å²) >= 11 is 0. The molecule has 0 fully saturated rings. The zero-order chi connectivity index (χ0) is 36.0. The lowest BCUT2D eigenvalue weighted by Crippen LogP contribution is -2.40. The highest BCUT2D eigenvalue weighted by molar-refractivity contribution is 5.83. The molecule has 0 radical (unpaired) electrons. The van der Waals surface area contributed by atoms with Crippen molar-refractivity contribution in [3.8, 4) is 0 Å². The van der Waals surface area contributed by atoms with E-state index in [1.165, 1.54) is 128 Å². The number of rotatable bonds is 38. The summed E-state index contributed by atoms with van der Waals surface area (Å²) in [5.74, 6) is -1.31. The molecule has 7 heteroatoms. The number of amides is 1. The lowest BCUT2D eigenvalue weighted by molar-refractivity contribution is -0.147. The SMILES string of the molecule is CCCCCCCCC/C=C\C(CCCCCCC(=O)NC(CCCN)C(=O)O)OC(=O)CCCCCCCCCCCCCCCCC. The summed E-state index contributed by atoms with van der Waals surface area (Å²) in [6.07, 6.45) is 39.8. The molecule has 0 aromatic rings. The molecule has 0 aliphatic carbocycles. The first-order valence-electron chi connectivity index (χ1n) is 21.0. The summed E-state index contributed by atoms with van der Waals surface area (Å²) in [7, 11) is 0. The minimum atomic E-state index is -1.01. The number of hydrogen-bond acceptors (Lipinski definition) is 5. The number of carboxylic acids is 1. The maximum absolute atomic E-state index is 12.7. The average Bonchev–Trinajstić information content (AvgIpc) is 3.08. The maximum Gasteiger partial charge on any atom is 0.326 e. The van der Waals surface area contributed by atoms with E-state index in [-0.39, 0.29) is 18.0 Å². The minimum Gasteiger partial charge on any atom is -0.480 e. The van der Waals surface area contributed by atoms with Gasteiger partial charge in [0.2, 0.25) is 5.91 Å². The molecule has 0 aliphatic rings. The van der Waals surface area contributed by atoms with Gasteiger partial charge in [-0.25, -0.2) is 4.79 Å². The maximum atomic E-state index is 12.7. The number of allylic oxidation sites excluding steroid dienone is 1. The van der Waals surface area contributed by atoms with Crippen molar-refractivity contribution in [1.29, 1.82) is 0 Å². The summed E-state index contributed by atoms with van der Waals surface area (Å²) in [4.78, 5) is 36.3. The average molecular weight is 693 g/mol. The number of nitrogens with two attached hydrogens (primary N) is 1. The van der Waals surface area contributed by atoms with Crippen LogP contribution in [0.1, 0.15) is 219 Å². The van der Waals surface area contributed by atoms with Gasteiger partial charge in [0.25, 0.3) is 0 Å². The quantitative estimate of drug-likeness (QED) is 0.0337. The molecule has 288 valence electrons. The van der Waals surface area contributed by atoms with E-state index >= 15 is 0 Å². The molecule has 0 heterocycles. The van der Waals surface area contributed by atoms with Gasteiger partial charge in [0.05, 0.1) is 0 Å². The molecule has 0 saturated heterocycles. The van der Waals surface area contributed by atoms with Crippen LogP contribution in [0.25, 0.3) is 0 Å². The standard InChI is InChI=1S/C42H80N2O5/c1-3-5-7-9-11-13-14-15-16-17-18-20-22-24-30-36-41(46)49-38(32-27-23-21-19-12-10-8-6-4-2)33-28-25-26-29-35-40(45)44-39(42(47)48)34-31-37-43/h27,32,38-39H,3-26,28-31,33-37,43H2,1-2H3,(H,44,45)(H,47,48)/b32-27-. The molecule has 2 unspecified atom stereocenters. The van der Waals surface area contributed by atoms with Gasteiger partial charge in [0, 0.05) is 12.8 Å². The number of unbranched alkanes of at least 4 members (excludes halogenated alkanes) is 24. The van der Waals surface area contributed by atoms with E-state index in [2.05, 4.69) is 31.3 Å². The second-order valence-corrected chi connectivity index (χ2v) is 14.4. The van der Waals surface area contributed by atoms with E-state index in [0.717, 1.165) is 44.9 Å². The fraction of sp³-hybridized carbons (Fsp3) is 0.881. The Morgan fingerprint density at radius 2 is 1.04 bits per heavy atom. The Balaban J connectivity index is 4.28. The Hall–Kier alpha value is -1.89. The number of carbonyl (C=O) groups is 3. The highest BCUT2D eigenvalue weighted by Gasteiger charge is 2.19. The first-order chi connectivity index (χ1) is 23.9. The molecule has 0 aromatic carbocycles. The second kappa shape index (κ2) is 37.4. The van der Waals surface area contributed by atoms with Crippen molar-refractivity contribution in [2.45, 2.75) is 231 Å². The molecule has 0 saturated carbocycles. The number of esters is 1. The van der Waals surface area contributed by atoms with E-state index < -0.39 is 12.0 Å². The monoisotopic (exact) mass is 693 g/mol. The third kappa shape index (κ3) is 34.3. The van der Waals surface area contributed by atoms with Crippen molar-refractivity contribution in [1.82, 2.24) is 5.32 Å². The Morgan fingerprint density at radius 3 is 1.53 bits per heavy atom. The summed E-state index contributed by atoms with van der Waals surface area (Å²) in [5.41, 5.74) is 5.48. The van der Waals surface area contributed by atoms with E-state index in [4.69, 9.17) is 10.5 Å². The number of aliphatic carboxylic acids is 1. The van der Waals surface area contributed by atoms with E-state index in [9.17, 15) is 19.5 Å². The zero-order valence-electron chi connectivity index (χ0n) is 32.3. The summed E-state index contributed by atoms with van der Waals surface area (Å²) in [6, 6.07) is -0.867. The lowest BCUT2D eigenvalue weighted by atomic mass is 10.0. The molecule has 0 rings (SSSR count). The van der Waals surface area contributed by atoms with Crippen LogP contribution in [-0.2, 0) is 19.1 Å². The molecule has 0 spiro atoms.